The summed E-state index contributed by atoms with van der Waals surface area (Å²) in [6.07, 6.45) is 3.09. The lowest BCUT2D eigenvalue weighted by molar-refractivity contribution is -0.128. The number of ether oxygens (including phenoxy) is 1. The second-order valence-electron chi connectivity index (χ2n) is 1.50. The summed E-state index contributed by atoms with van der Waals surface area (Å²) in [5.74, 6) is 0. The van der Waals surface area contributed by atoms with Crippen molar-refractivity contribution >= 4 is 6.47 Å². The number of imidazole rings is 1. The van der Waals surface area contributed by atoms with E-state index in [9.17, 15) is 9.59 Å². The van der Waals surface area contributed by atoms with Crippen molar-refractivity contribution in [1.82, 2.24) is 9.97 Å². The molecule has 1 aromatic heterocycles. The summed E-state index contributed by atoms with van der Waals surface area (Å²) >= 11 is 0. The van der Waals surface area contributed by atoms with Crippen molar-refractivity contribution in [2.24, 2.45) is 0 Å². The summed E-state index contributed by atoms with van der Waals surface area (Å²) in [5.41, 5.74) is -0.157. The Kier molecular flexibility index (Phi) is 5.69. The lowest BCUT2D eigenvalue weighted by Crippen LogP contribution is -1.98. The lowest BCUT2D eigenvalue weighted by Gasteiger charge is -1.79. The Morgan fingerprint density at radius 1 is 1.55 bits per heavy atom. The first-order valence-corrected chi connectivity index (χ1v) is 3.08. The molecule has 0 aliphatic heterocycles. The van der Waals surface area contributed by atoms with Crippen molar-refractivity contribution < 1.29 is 9.53 Å². The maximum Gasteiger partial charge on any atom is 0.322 e. The first-order valence-electron chi connectivity index (χ1n) is 3.08. The molecule has 0 unspecified atom stereocenters. The second kappa shape index (κ2) is 6.60. The molecule has 1 rings (SSSR count). The van der Waals surface area contributed by atoms with Crippen molar-refractivity contribution in [3.63, 3.8) is 0 Å². The molecule has 0 fully saturated rings. The van der Waals surface area contributed by atoms with Gasteiger partial charge in [-0.05, 0) is 6.92 Å². The normalized spacial score (nSPS) is 7.73. The molecule has 0 saturated heterocycles. The minimum absolute atomic E-state index is 0.157. The number of aromatic nitrogens is 2. The molecule has 0 bridgehead atoms. The van der Waals surface area contributed by atoms with Crippen LogP contribution < -0.4 is 5.69 Å². The minimum atomic E-state index is -0.157. The van der Waals surface area contributed by atoms with Gasteiger partial charge in [0, 0.05) is 12.4 Å². The van der Waals surface area contributed by atoms with Crippen LogP contribution in [0.25, 0.3) is 0 Å². The van der Waals surface area contributed by atoms with Crippen LogP contribution in [0.5, 0.6) is 0 Å². The molecule has 0 spiro atoms. The minimum Gasteiger partial charge on any atom is -0.468 e. The topological polar surface area (TPSA) is 75.0 Å². The number of hydrogen-bond donors (Lipinski definition) is 2. The Bertz CT molecular complexity index is 211. The molecule has 0 radical (unpaired) electrons. The first-order chi connectivity index (χ1) is 5.31. The maximum atomic E-state index is 9.96. The van der Waals surface area contributed by atoms with E-state index < -0.39 is 0 Å². The van der Waals surface area contributed by atoms with Crippen LogP contribution >= 0.6 is 0 Å². The van der Waals surface area contributed by atoms with Crippen molar-refractivity contribution in [2.45, 2.75) is 6.92 Å². The predicted molar refractivity (Wildman–Crippen MR) is 39.1 cm³/mol. The monoisotopic (exact) mass is 158 g/mol. The van der Waals surface area contributed by atoms with Crippen LogP contribution in [0.2, 0.25) is 0 Å². The number of H-pyrrole nitrogens is 2. The smallest absolute Gasteiger partial charge is 0.322 e. The third-order valence-corrected chi connectivity index (χ3v) is 0.747. The number of carbonyl (C=O) groups is 1. The largest absolute Gasteiger partial charge is 0.468 e. The molecule has 62 valence electrons. The van der Waals surface area contributed by atoms with E-state index in [2.05, 4.69) is 14.7 Å². The fourth-order valence-corrected chi connectivity index (χ4v) is 0.344. The van der Waals surface area contributed by atoms with E-state index in [1.54, 1.807) is 19.3 Å². The van der Waals surface area contributed by atoms with Gasteiger partial charge in [0.15, 0.2) is 0 Å². The molecule has 2 N–H and O–H groups in total. The van der Waals surface area contributed by atoms with E-state index in [0.717, 1.165) is 0 Å². The Labute approximate surface area is 63.4 Å². The highest BCUT2D eigenvalue weighted by atomic mass is 16.5. The summed E-state index contributed by atoms with van der Waals surface area (Å²) < 4.78 is 4.15. The molecule has 5 nitrogen and oxygen atoms in total. The van der Waals surface area contributed by atoms with Crippen LogP contribution in [0, 0.1) is 0 Å². The maximum absolute atomic E-state index is 9.96. The Balaban J connectivity index is 0.000000187. The van der Waals surface area contributed by atoms with Gasteiger partial charge in [-0.2, -0.15) is 0 Å². The number of nitrogens with one attached hydrogen (secondary N) is 2. The van der Waals surface area contributed by atoms with Gasteiger partial charge in [0.05, 0.1) is 6.61 Å². The second-order valence-corrected chi connectivity index (χ2v) is 1.50. The van der Waals surface area contributed by atoms with Crippen LogP contribution in [-0.4, -0.2) is 23.0 Å². The van der Waals surface area contributed by atoms with E-state index in [0.29, 0.717) is 13.1 Å². The highest BCUT2D eigenvalue weighted by Crippen LogP contribution is 1.55. The van der Waals surface area contributed by atoms with Crippen LogP contribution in [-0.2, 0) is 9.53 Å². The highest BCUT2D eigenvalue weighted by molar-refractivity contribution is 5.36. The third kappa shape index (κ3) is 6.36. The van der Waals surface area contributed by atoms with Crippen molar-refractivity contribution in [3.8, 4) is 0 Å². The standard InChI is InChI=1S/C3H4N2O.C3H6O2/c6-3-4-1-2-5-3;1-2-5-3-4/h1-2H,(H2,4,5,6);3H,2H2,1H3. The quantitative estimate of drug-likeness (QED) is 0.589. The van der Waals surface area contributed by atoms with Crippen LogP contribution in [0.3, 0.4) is 0 Å². The zero-order valence-electron chi connectivity index (χ0n) is 6.16. The number of carbonyl (C=O) groups excluding carboxylic acids is 1. The van der Waals surface area contributed by atoms with Gasteiger partial charge in [0.25, 0.3) is 6.47 Å². The first kappa shape index (κ1) is 9.48. The molecule has 5 heteroatoms. The van der Waals surface area contributed by atoms with Gasteiger partial charge in [0.2, 0.25) is 0 Å². The summed E-state index contributed by atoms with van der Waals surface area (Å²) in [5, 5.41) is 0. The van der Waals surface area contributed by atoms with Gasteiger partial charge in [0.1, 0.15) is 0 Å². The van der Waals surface area contributed by atoms with Gasteiger partial charge in [-0.3, -0.25) is 4.79 Å². The molecule has 11 heavy (non-hydrogen) atoms. The van der Waals surface area contributed by atoms with E-state index in [1.807, 2.05) is 0 Å². The van der Waals surface area contributed by atoms with Crippen molar-refractivity contribution in [1.29, 1.82) is 0 Å². The average molecular weight is 158 g/mol. The van der Waals surface area contributed by atoms with Gasteiger partial charge in [-0.25, -0.2) is 4.79 Å². The Morgan fingerprint density at radius 2 is 2.09 bits per heavy atom. The van der Waals surface area contributed by atoms with Gasteiger partial charge in [-0.15, -0.1) is 0 Å². The Hall–Kier alpha value is -1.52. The molecule has 1 heterocycles. The van der Waals surface area contributed by atoms with Crippen LogP contribution in [0.15, 0.2) is 17.2 Å². The highest BCUT2D eigenvalue weighted by Gasteiger charge is 1.69. The summed E-state index contributed by atoms with van der Waals surface area (Å²) in [4.78, 5) is 23.9. The molecule has 0 aliphatic carbocycles. The third-order valence-electron chi connectivity index (χ3n) is 0.747. The Morgan fingerprint density at radius 3 is 2.18 bits per heavy atom. The van der Waals surface area contributed by atoms with Crippen molar-refractivity contribution in [3.05, 3.63) is 22.9 Å². The SMILES string of the molecule is CCOC=O.O=c1[nH]cc[nH]1. The van der Waals surface area contributed by atoms with E-state index in [1.165, 1.54) is 0 Å². The summed E-state index contributed by atoms with van der Waals surface area (Å²) in [6, 6.07) is 0. The molecular formula is C6H10N2O3. The number of aromatic amines is 2. The van der Waals surface area contributed by atoms with E-state index in [4.69, 9.17) is 0 Å². The average Bonchev–Trinajstić information content (AvgIpc) is 2.43. The number of rotatable bonds is 2. The summed E-state index contributed by atoms with van der Waals surface area (Å²) in [6.45, 7) is 2.66. The van der Waals surface area contributed by atoms with Gasteiger partial charge >= 0.3 is 5.69 Å². The molecule has 0 aliphatic rings. The molecule has 1 aromatic rings. The van der Waals surface area contributed by atoms with Crippen LogP contribution in [0.4, 0.5) is 0 Å². The fourth-order valence-electron chi connectivity index (χ4n) is 0.344. The predicted octanol–water partition coefficient (Wildman–Crippen LogP) is -0.118. The molecular weight excluding hydrogens is 148 g/mol. The molecule has 0 atom stereocenters. The van der Waals surface area contributed by atoms with Crippen LogP contribution in [0.1, 0.15) is 6.92 Å². The van der Waals surface area contributed by atoms with E-state index in [-0.39, 0.29) is 5.69 Å². The van der Waals surface area contributed by atoms with Crippen molar-refractivity contribution in [2.75, 3.05) is 6.61 Å². The van der Waals surface area contributed by atoms with Gasteiger partial charge in [-0.1, -0.05) is 0 Å². The molecule has 0 aromatic carbocycles. The molecule has 0 amide bonds. The zero-order chi connectivity index (χ0) is 8.53. The zero-order valence-corrected chi connectivity index (χ0v) is 6.16. The van der Waals surface area contributed by atoms with Gasteiger partial charge < -0.3 is 14.7 Å². The molecule has 0 saturated carbocycles. The summed E-state index contributed by atoms with van der Waals surface area (Å²) in [7, 11) is 0. The van der Waals surface area contributed by atoms with E-state index >= 15 is 0 Å². The number of hydrogen-bond acceptors (Lipinski definition) is 3. The lowest BCUT2D eigenvalue weighted by atomic mass is 10.9. The fraction of sp³-hybridized carbons (Fsp3) is 0.333.